The van der Waals surface area contributed by atoms with E-state index in [9.17, 15) is 4.79 Å². The molecule has 1 fully saturated rings. The smallest absolute Gasteiger partial charge is 0.253 e. The van der Waals surface area contributed by atoms with Gasteiger partial charge in [-0.2, -0.15) is 0 Å². The van der Waals surface area contributed by atoms with Gasteiger partial charge in [0.2, 0.25) is 0 Å². The third-order valence-corrected chi connectivity index (χ3v) is 3.92. The van der Waals surface area contributed by atoms with E-state index < -0.39 is 0 Å². The molecule has 2 unspecified atom stereocenters. The van der Waals surface area contributed by atoms with Crippen LogP contribution >= 0.6 is 11.6 Å². The number of nitrogens with two attached hydrogens (primary N) is 1. The average molecular weight is 268 g/mol. The van der Waals surface area contributed by atoms with E-state index in [1.165, 1.54) is 31.5 Å². The number of carbonyl (C=O) groups excluding carboxylic acids is 1. The first-order chi connectivity index (χ1) is 8.58. The van der Waals surface area contributed by atoms with Gasteiger partial charge < -0.3 is 11.1 Å². The molecule has 0 aliphatic heterocycles. The molecular weight excluding hydrogens is 250 g/mol. The van der Waals surface area contributed by atoms with Gasteiger partial charge in [-0.25, -0.2) is 4.98 Å². The largest absolute Gasteiger partial charge is 0.397 e. The van der Waals surface area contributed by atoms with Crippen LogP contribution in [0.4, 0.5) is 5.69 Å². The Morgan fingerprint density at radius 2 is 2.39 bits per heavy atom. The minimum Gasteiger partial charge on any atom is -0.397 e. The van der Waals surface area contributed by atoms with E-state index in [0.717, 1.165) is 0 Å². The molecular formula is C13H18ClN3O. The minimum absolute atomic E-state index is 0.170. The summed E-state index contributed by atoms with van der Waals surface area (Å²) in [6, 6.07) is 1.50. The molecule has 1 amide bonds. The zero-order valence-electron chi connectivity index (χ0n) is 10.4. The second-order valence-electron chi connectivity index (χ2n) is 4.97. The van der Waals surface area contributed by atoms with Crippen molar-refractivity contribution in [1.29, 1.82) is 0 Å². The fourth-order valence-electron chi connectivity index (χ4n) is 2.48. The lowest BCUT2D eigenvalue weighted by atomic mass is 9.98. The van der Waals surface area contributed by atoms with Crippen LogP contribution in [0.3, 0.4) is 0 Å². The van der Waals surface area contributed by atoms with Crippen molar-refractivity contribution in [3.63, 3.8) is 0 Å². The monoisotopic (exact) mass is 267 g/mol. The van der Waals surface area contributed by atoms with Crippen LogP contribution in [0.1, 0.15) is 36.5 Å². The second-order valence-corrected chi connectivity index (χ2v) is 5.36. The Hall–Kier alpha value is -1.29. The molecule has 1 aliphatic carbocycles. The van der Waals surface area contributed by atoms with Crippen LogP contribution in [-0.2, 0) is 0 Å². The Balaban J connectivity index is 1.97. The van der Waals surface area contributed by atoms with E-state index in [1.54, 1.807) is 0 Å². The molecule has 1 aromatic heterocycles. The van der Waals surface area contributed by atoms with Gasteiger partial charge in [-0.3, -0.25) is 4.79 Å². The molecule has 0 spiro atoms. The van der Waals surface area contributed by atoms with E-state index in [-0.39, 0.29) is 11.1 Å². The predicted octanol–water partition coefficient (Wildman–Crippen LogP) is 2.48. The van der Waals surface area contributed by atoms with Gasteiger partial charge in [-0.1, -0.05) is 31.4 Å². The van der Waals surface area contributed by atoms with Crippen molar-refractivity contribution in [3.8, 4) is 0 Å². The van der Waals surface area contributed by atoms with Crippen LogP contribution in [0.25, 0.3) is 0 Å². The summed E-state index contributed by atoms with van der Waals surface area (Å²) in [6.07, 6.45) is 5.11. The number of aromatic nitrogens is 1. The summed E-state index contributed by atoms with van der Waals surface area (Å²) in [4.78, 5) is 15.8. The number of hydrogen-bond acceptors (Lipinski definition) is 3. The van der Waals surface area contributed by atoms with Crippen molar-refractivity contribution in [2.45, 2.75) is 26.2 Å². The lowest BCUT2D eigenvalue weighted by molar-refractivity contribution is 0.0945. The summed E-state index contributed by atoms with van der Waals surface area (Å²) in [5, 5.41) is 3.22. The first-order valence-corrected chi connectivity index (χ1v) is 6.65. The maximum atomic E-state index is 12.0. The minimum atomic E-state index is -0.170. The Morgan fingerprint density at radius 3 is 3.06 bits per heavy atom. The zero-order chi connectivity index (χ0) is 13.1. The molecule has 98 valence electrons. The van der Waals surface area contributed by atoms with Gasteiger partial charge >= 0.3 is 0 Å². The number of nitrogens with zero attached hydrogens (tertiary/aromatic N) is 1. The molecule has 1 aromatic rings. The highest BCUT2D eigenvalue weighted by molar-refractivity contribution is 6.29. The molecule has 5 heteroatoms. The standard InChI is InChI=1S/C13H18ClN3O/c1-8-3-2-4-9(8)6-17-13(18)10-5-12(14)16-7-11(10)15/h5,7-9H,2-4,6,15H2,1H3,(H,17,18). The Morgan fingerprint density at radius 1 is 1.61 bits per heavy atom. The maximum Gasteiger partial charge on any atom is 0.253 e. The quantitative estimate of drug-likeness (QED) is 0.827. The van der Waals surface area contributed by atoms with Crippen molar-refractivity contribution >= 4 is 23.2 Å². The lowest BCUT2D eigenvalue weighted by Crippen LogP contribution is -2.30. The van der Waals surface area contributed by atoms with Crippen LogP contribution < -0.4 is 11.1 Å². The van der Waals surface area contributed by atoms with E-state index in [1.807, 2.05) is 0 Å². The summed E-state index contributed by atoms with van der Waals surface area (Å²) >= 11 is 5.76. The topological polar surface area (TPSA) is 68.0 Å². The number of nitrogen functional groups attached to an aromatic ring is 1. The highest BCUT2D eigenvalue weighted by atomic mass is 35.5. The molecule has 4 nitrogen and oxygen atoms in total. The van der Waals surface area contributed by atoms with Crippen molar-refractivity contribution in [2.24, 2.45) is 11.8 Å². The number of halogens is 1. The van der Waals surface area contributed by atoms with Crippen molar-refractivity contribution in [2.75, 3.05) is 12.3 Å². The number of nitrogens with one attached hydrogen (secondary N) is 1. The molecule has 18 heavy (non-hydrogen) atoms. The summed E-state index contributed by atoms with van der Waals surface area (Å²) in [5.74, 6) is 1.09. The van der Waals surface area contributed by atoms with Crippen molar-refractivity contribution in [1.82, 2.24) is 10.3 Å². The molecule has 1 aliphatic rings. The van der Waals surface area contributed by atoms with E-state index in [0.29, 0.717) is 29.6 Å². The fraction of sp³-hybridized carbons (Fsp3) is 0.538. The molecule has 1 saturated carbocycles. The van der Waals surface area contributed by atoms with Crippen LogP contribution in [0.5, 0.6) is 0 Å². The molecule has 1 heterocycles. The van der Waals surface area contributed by atoms with Gasteiger partial charge in [0.05, 0.1) is 17.4 Å². The summed E-state index contributed by atoms with van der Waals surface area (Å²) in [6.45, 7) is 2.95. The Kier molecular flexibility index (Phi) is 4.07. The number of carbonyl (C=O) groups is 1. The van der Waals surface area contributed by atoms with Crippen LogP contribution in [-0.4, -0.2) is 17.4 Å². The molecule has 0 radical (unpaired) electrons. The van der Waals surface area contributed by atoms with Gasteiger partial charge in [0.1, 0.15) is 5.15 Å². The molecule has 0 aromatic carbocycles. The normalized spacial score (nSPS) is 23.0. The summed E-state index contributed by atoms with van der Waals surface area (Å²) in [7, 11) is 0. The third-order valence-electron chi connectivity index (χ3n) is 3.71. The second kappa shape index (κ2) is 5.57. The first kappa shape index (κ1) is 13.1. The summed E-state index contributed by atoms with van der Waals surface area (Å²) in [5.41, 5.74) is 6.48. The maximum absolute atomic E-state index is 12.0. The lowest BCUT2D eigenvalue weighted by Gasteiger charge is -2.16. The van der Waals surface area contributed by atoms with Gasteiger partial charge in [-0.15, -0.1) is 0 Å². The first-order valence-electron chi connectivity index (χ1n) is 6.27. The van der Waals surface area contributed by atoms with Gasteiger partial charge in [0.15, 0.2) is 0 Å². The highest BCUT2D eigenvalue weighted by Gasteiger charge is 2.24. The predicted molar refractivity (Wildman–Crippen MR) is 72.5 cm³/mol. The fourth-order valence-corrected chi connectivity index (χ4v) is 2.64. The van der Waals surface area contributed by atoms with E-state index >= 15 is 0 Å². The SMILES string of the molecule is CC1CCCC1CNC(=O)c1cc(Cl)ncc1N. The van der Waals surface area contributed by atoms with Gasteiger partial charge in [-0.05, 0) is 24.3 Å². The van der Waals surface area contributed by atoms with Crippen LogP contribution in [0.15, 0.2) is 12.3 Å². The van der Waals surface area contributed by atoms with Gasteiger partial charge in [0, 0.05) is 6.54 Å². The Labute approximate surface area is 112 Å². The van der Waals surface area contributed by atoms with Crippen LogP contribution in [0, 0.1) is 11.8 Å². The van der Waals surface area contributed by atoms with Gasteiger partial charge in [0.25, 0.3) is 5.91 Å². The molecule has 3 N–H and O–H groups in total. The van der Waals surface area contributed by atoms with Crippen molar-refractivity contribution < 1.29 is 4.79 Å². The third kappa shape index (κ3) is 2.93. The number of anilines is 1. The molecule has 0 bridgehead atoms. The number of rotatable bonds is 3. The van der Waals surface area contributed by atoms with Crippen molar-refractivity contribution in [3.05, 3.63) is 23.0 Å². The van der Waals surface area contributed by atoms with E-state index in [2.05, 4.69) is 17.2 Å². The molecule has 2 rings (SSSR count). The average Bonchev–Trinajstić information content (AvgIpc) is 2.75. The number of pyridine rings is 1. The van der Waals surface area contributed by atoms with Crippen LogP contribution in [0.2, 0.25) is 5.15 Å². The highest BCUT2D eigenvalue weighted by Crippen LogP contribution is 2.30. The number of amides is 1. The molecule has 2 atom stereocenters. The zero-order valence-corrected chi connectivity index (χ0v) is 11.2. The molecule has 0 saturated heterocycles. The number of hydrogen-bond donors (Lipinski definition) is 2. The summed E-state index contributed by atoms with van der Waals surface area (Å²) < 4.78 is 0. The van der Waals surface area contributed by atoms with E-state index in [4.69, 9.17) is 17.3 Å². The Bertz CT molecular complexity index is 450.